The number of H-pyrrole nitrogens is 1. The van der Waals surface area contributed by atoms with Gasteiger partial charge in [-0.1, -0.05) is 25.4 Å². The van der Waals surface area contributed by atoms with Crippen molar-refractivity contribution in [3.05, 3.63) is 63.4 Å². The number of hydrogen-bond donors (Lipinski definition) is 4. The Labute approximate surface area is 237 Å². The molecule has 0 radical (unpaired) electrons. The first-order valence-corrected chi connectivity index (χ1v) is 13.3. The van der Waals surface area contributed by atoms with Gasteiger partial charge in [-0.3, -0.25) is 9.59 Å². The van der Waals surface area contributed by atoms with E-state index in [1.165, 1.54) is 17.0 Å². The van der Waals surface area contributed by atoms with Gasteiger partial charge < -0.3 is 26.3 Å². The van der Waals surface area contributed by atoms with E-state index in [0.717, 1.165) is 18.5 Å². The van der Waals surface area contributed by atoms with Crippen LogP contribution in [0.4, 0.5) is 34.9 Å². The Bertz CT molecular complexity index is 1570. The summed E-state index contributed by atoms with van der Waals surface area (Å²) < 4.78 is 57.4. The van der Waals surface area contributed by atoms with Crippen molar-refractivity contribution in [2.24, 2.45) is 5.73 Å². The van der Waals surface area contributed by atoms with Crippen molar-refractivity contribution in [2.45, 2.75) is 44.8 Å². The lowest BCUT2D eigenvalue weighted by Gasteiger charge is -2.44. The molecule has 0 saturated carbocycles. The molecule has 2 aromatic heterocycles. The van der Waals surface area contributed by atoms with Crippen LogP contribution in [0.5, 0.6) is 0 Å². The number of fused-ring (bicyclic) bond motifs is 2. The predicted molar refractivity (Wildman–Crippen MR) is 146 cm³/mol. The molecule has 0 bridgehead atoms. The first-order valence-electron chi connectivity index (χ1n) is 12.9. The highest BCUT2D eigenvalue weighted by Gasteiger charge is 2.47. The van der Waals surface area contributed by atoms with E-state index in [1.54, 1.807) is 0 Å². The summed E-state index contributed by atoms with van der Waals surface area (Å²) in [6.07, 6.45) is -1.61. The molecule has 5 rings (SSSR count). The molecule has 2 amide bonds. The molecule has 1 aromatic carbocycles. The number of benzene rings is 1. The fraction of sp³-hybridized carbons (Fsp3) is 0.333. The van der Waals surface area contributed by atoms with Crippen molar-refractivity contribution in [1.82, 2.24) is 19.9 Å². The predicted octanol–water partition coefficient (Wildman–Crippen LogP) is 5.37. The third-order valence-electron chi connectivity index (χ3n) is 7.77. The molecule has 0 saturated heterocycles. The number of halogens is 5. The van der Waals surface area contributed by atoms with Crippen LogP contribution in [-0.2, 0) is 17.4 Å². The highest BCUT2D eigenvalue weighted by molar-refractivity contribution is 6.35. The number of nitrogens with zero attached hydrogens (tertiary/aromatic N) is 3. The second-order valence-electron chi connectivity index (χ2n) is 9.82. The van der Waals surface area contributed by atoms with E-state index < -0.39 is 46.2 Å². The molecule has 216 valence electrons. The Morgan fingerprint density at radius 2 is 1.90 bits per heavy atom. The second-order valence-corrected chi connectivity index (χ2v) is 10.2. The smallest absolute Gasteiger partial charge is 0.358 e. The van der Waals surface area contributed by atoms with Gasteiger partial charge in [-0.25, -0.2) is 14.4 Å². The van der Waals surface area contributed by atoms with E-state index in [1.807, 2.05) is 13.8 Å². The molecule has 0 unspecified atom stereocenters. The number of aromatic amines is 1. The summed E-state index contributed by atoms with van der Waals surface area (Å²) in [7, 11) is 0. The topological polar surface area (TPSA) is 129 Å². The summed E-state index contributed by atoms with van der Waals surface area (Å²) in [5, 5.41) is 5.27. The van der Waals surface area contributed by atoms with Gasteiger partial charge in [0.2, 0.25) is 0 Å². The van der Waals surface area contributed by atoms with E-state index >= 15 is 0 Å². The Morgan fingerprint density at radius 3 is 2.54 bits per heavy atom. The summed E-state index contributed by atoms with van der Waals surface area (Å²) in [5.74, 6) is -1.98. The number of aromatic nitrogens is 3. The van der Waals surface area contributed by atoms with E-state index in [-0.39, 0.29) is 53.0 Å². The minimum Gasteiger partial charge on any atom is -0.358 e. The minimum absolute atomic E-state index is 0.0673. The standard InChI is InChI=1S/C27H26ClF4N7O2/c1-3-26(4-2,11-33)39-8-7-17-20(25(39)41)21(27(30,31)32)18(37-17)10-14-19-22(34-12-35-23(19)38-24(14)40)36-13-5-6-16(29)15(28)9-13/h5-6,9-10,12,37H,3-4,7-8,11,33H2,1-2H3,(H2,34,35,36,38,40). The van der Waals surface area contributed by atoms with E-state index in [4.69, 9.17) is 17.3 Å². The molecule has 5 N–H and O–H groups in total. The summed E-state index contributed by atoms with van der Waals surface area (Å²) >= 11 is 5.87. The van der Waals surface area contributed by atoms with Crippen molar-refractivity contribution >= 4 is 52.4 Å². The number of alkyl halides is 3. The van der Waals surface area contributed by atoms with Crippen LogP contribution in [-0.4, -0.2) is 50.3 Å². The molecule has 2 aliphatic rings. The van der Waals surface area contributed by atoms with E-state index in [2.05, 4.69) is 25.6 Å². The third kappa shape index (κ3) is 4.82. The van der Waals surface area contributed by atoms with Crippen molar-refractivity contribution in [3.8, 4) is 0 Å². The van der Waals surface area contributed by atoms with Gasteiger partial charge in [-0.15, -0.1) is 0 Å². The molecule has 3 aromatic rings. The first-order chi connectivity index (χ1) is 19.4. The normalized spacial score (nSPS) is 16.2. The Balaban J connectivity index is 1.63. The zero-order chi connectivity index (χ0) is 29.7. The molecule has 14 heteroatoms. The summed E-state index contributed by atoms with van der Waals surface area (Å²) in [6, 6.07) is 3.81. The van der Waals surface area contributed by atoms with Crippen LogP contribution in [0.1, 0.15) is 59.6 Å². The van der Waals surface area contributed by atoms with Crippen molar-refractivity contribution in [1.29, 1.82) is 0 Å². The van der Waals surface area contributed by atoms with Crippen LogP contribution >= 0.6 is 11.6 Å². The lowest BCUT2D eigenvalue weighted by molar-refractivity contribution is -0.138. The molecule has 2 aliphatic heterocycles. The van der Waals surface area contributed by atoms with Crippen LogP contribution in [0.25, 0.3) is 11.6 Å². The van der Waals surface area contributed by atoms with Gasteiger partial charge in [0.1, 0.15) is 23.8 Å². The fourth-order valence-corrected chi connectivity index (χ4v) is 5.63. The summed E-state index contributed by atoms with van der Waals surface area (Å²) in [6.45, 7) is 4.00. The van der Waals surface area contributed by atoms with Crippen molar-refractivity contribution in [3.63, 3.8) is 0 Å². The lowest BCUT2D eigenvalue weighted by atomic mass is 9.87. The number of hydrogen-bond acceptors (Lipinski definition) is 6. The zero-order valence-corrected chi connectivity index (χ0v) is 22.8. The molecular weight excluding hydrogens is 566 g/mol. The summed E-state index contributed by atoms with van der Waals surface area (Å²) in [5.41, 5.74) is 3.54. The van der Waals surface area contributed by atoms with Crippen LogP contribution in [0.15, 0.2) is 24.5 Å². The van der Waals surface area contributed by atoms with Crippen molar-refractivity contribution < 1.29 is 27.2 Å². The van der Waals surface area contributed by atoms with Gasteiger partial charge in [0.05, 0.1) is 38.5 Å². The highest BCUT2D eigenvalue weighted by atomic mass is 35.5. The monoisotopic (exact) mass is 591 g/mol. The van der Waals surface area contributed by atoms with E-state index in [9.17, 15) is 27.2 Å². The number of carbonyl (C=O) groups is 2. The van der Waals surface area contributed by atoms with E-state index in [0.29, 0.717) is 18.5 Å². The number of nitrogens with one attached hydrogen (secondary N) is 3. The Morgan fingerprint density at radius 1 is 1.17 bits per heavy atom. The first kappa shape index (κ1) is 28.6. The average molecular weight is 592 g/mol. The second kappa shape index (κ2) is 10.5. The van der Waals surface area contributed by atoms with Crippen LogP contribution in [0, 0.1) is 5.82 Å². The van der Waals surface area contributed by atoms with Gasteiger partial charge in [-0.05, 0) is 37.1 Å². The maximum absolute atomic E-state index is 14.6. The van der Waals surface area contributed by atoms with Crippen LogP contribution in [0.3, 0.4) is 0 Å². The third-order valence-corrected chi connectivity index (χ3v) is 8.06. The Hall–Kier alpha value is -3.97. The molecular formula is C27H26ClF4N7O2. The number of carbonyl (C=O) groups excluding carboxylic acids is 2. The van der Waals surface area contributed by atoms with Gasteiger partial charge in [-0.2, -0.15) is 13.2 Å². The molecule has 0 atom stereocenters. The quantitative estimate of drug-likeness (QED) is 0.216. The van der Waals surface area contributed by atoms with Gasteiger partial charge in [0.25, 0.3) is 11.8 Å². The van der Waals surface area contributed by atoms with Crippen molar-refractivity contribution in [2.75, 3.05) is 23.7 Å². The number of nitrogens with two attached hydrogens (primary N) is 1. The molecule has 41 heavy (non-hydrogen) atoms. The largest absolute Gasteiger partial charge is 0.419 e. The van der Waals surface area contributed by atoms with Crippen LogP contribution in [0.2, 0.25) is 5.02 Å². The highest BCUT2D eigenvalue weighted by Crippen LogP contribution is 2.43. The fourth-order valence-electron chi connectivity index (χ4n) is 5.45. The maximum atomic E-state index is 14.6. The van der Waals surface area contributed by atoms with Crippen LogP contribution < -0.4 is 16.4 Å². The van der Waals surface area contributed by atoms with Gasteiger partial charge in [0.15, 0.2) is 0 Å². The number of rotatable bonds is 7. The molecule has 0 spiro atoms. The zero-order valence-electron chi connectivity index (χ0n) is 22.0. The number of amides is 2. The molecule has 0 aliphatic carbocycles. The van der Waals surface area contributed by atoms with Gasteiger partial charge >= 0.3 is 6.18 Å². The summed E-state index contributed by atoms with van der Waals surface area (Å²) in [4.78, 5) is 39.0. The lowest BCUT2D eigenvalue weighted by Crippen LogP contribution is -2.58. The maximum Gasteiger partial charge on any atom is 0.419 e. The molecule has 9 nitrogen and oxygen atoms in total. The molecule has 4 heterocycles. The van der Waals surface area contributed by atoms with Gasteiger partial charge in [0, 0.05) is 30.9 Å². The average Bonchev–Trinajstić information content (AvgIpc) is 3.47. The SMILES string of the molecule is CCC(CC)(CN)N1CCc2[nH]c(C=C3C(=O)Nc4ncnc(Nc5ccc(F)c(Cl)c5)c43)c(C(F)(F)F)c2C1=O. The Kier molecular flexibility index (Phi) is 7.28. The minimum atomic E-state index is -4.92. The molecule has 0 fully saturated rings. The number of anilines is 3.